The van der Waals surface area contributed by atoms with E-state index >= 15 is 0 Å². The van der Waals surface area contributed by atoms with Gasteiger partial charge in [0.2, 0.25) is 0 Å². The number of carbonyl (C=O) groups excluding carboxylic acids is 1. The third-order valence-corrected chi connectivity index (χ3v) is 4.51. The fraction of sp³-hybridized carbons (Fsp3) is 0.316. The van der Waals surface area contributed by atoms with E-state index in [2.05, 4.69) is 0 Å². The molecule has 1 heterocycles. The van der Waals surface area contributed by atoms with Gasteiger partial charge in [0.1, 0.15) is 17.1 Å². The van der Waals surface area contributed by atoms with Crippen molar-refractivity contribution in [1.29, 1.82) is 0 Å². The van der Waals surface area contributed by atoms with Gasteiger partial charge in [0.25, 0.3) is 5.91 Å². The van der Waals surface area contributed by atoms with Crippen molar-refractivity contribution in [3.63, 3.8) is 0 Å². The van der Waals surface area contributed by atoms with Gasteiger partial charge in [0, 0.05) is 6.54 Å². The Morgan fingerprint density at radius 3 is 2.48 bits per heavy atom. The van der Waals surface area contributed by atoms with Crippen molar-refractivity contribution in [3.8, 4) is 5.75 Å². The van der Waals surface area contributed by atoms with Crippen LogP contribution in [0, 0.1) is 17.5 Å². The van der Waals surface area contributed by atoms with E-state index < -0.39 is 23.1 Å². The second kappa shape index (κ2) is 7.17. The van der Waals surface area contributed by atoms with E-state index in [1.165, 1.54) is 30.2 Å². The maximum Gasteiger partial charge on any atom is 0.261 e. The smallest absolute Gasteiger partial charge is 0.261 e. The van der Waals surface area contributed by atoms with Crippen LogP contribution in [0.2, 0.25) is 0 Å². The molecule has 0 aliphatic carbocycles. The minimum atomic E-state index is -1.22. The minimum Gasteiger partial charge on any atom is -0.496 e. The molecule has 132 valence electrons. The molecule has 1 unspecified atom stereocenters. The molecule has 0 spiro atoms. The fourth-order valence-electron chi connectivity index (χ4n) is 3.25. The van der Waals surface area contributed by atoms with Crippen molar-refractivity contribution in [3.05, 3.63) is 65.0 Å². The number of methoxy groups -OCH3 is 1. The number of likely N-dealkylation sites (tertiary alicyclic amines) is 1. The summed E-state index contributed by atoms with van der Waals surface area (Å²) in [4.78, 5) is 14.5. The van der Waals surface area contributed by atoms with Crippen LogP contribution in [-0.4, -0.2) is 24.5 Å². The van der Waals surface area contributed by atoms with Crippen molar-refractivity contribution < 1.29 is 22.7 Å². The molecule has 1 saturated heterocycles. The minimum absolute atomic E-state index is 0.00710. The first-order valence-electron chi connectivity index (χ1n) is 8.11. The standard InChI is InChI=1S/C19H18F3NO2/c1-25-16-10-9-14(21)18(22)17(16)19(24)23-11-3-2-4-15(23)12-5-7-13(20)8-6-12/h5-10,15H,2-4,11H2,1H3. The number of halogens is 3. The van der Waals surface area contributed by atoms with Gasteiger partial charge in [0.15, 0.2) is 11.6 Å². The normalized spacial score (nSPS) is 17.4. The molecule has 0 radical (unpaired) electrons. The average Bonchev–Trinajstić information content (AvgIpc) is 2.64. The van der Waals surface area contributed by atoms with E-state index in [9.17, 15) is 18.0 Å². The predicted molar refractivity (Wildman–Crippen MR) is 86.9 cm³/mol. The summed E-state index contributed by atoms with van der Waals surface area (Å²) >= 11 is 0. The topological polar surface area (TPSA) is 29.5 Å². The zero-order valence-electron chi connectivity index (χ0n) is 13.8. The maximum absolute atomic E-state index is 14.3. The van der Waals surface area contributed by atoms with Crippen LogP contribution in [0.5, 0.6) is 5.75 Å². The predicted octanol–water partition coefficient (Wildman–Crippen LogP) is 4.48. The number of carbonyl (C=O) groups is 1. The summed E-state index contributed by atoms with van der Waals surface area (Å²) in [6.45, 7) is 0.417. The Bertz CT molecular complexity index is 777. The molecule has 1 fully saturated rings. The first-order valence-corrected chi connectivity index (χ1v) is 8.11. The highest BCUT2D eigenvalue weighted by Gasteiger charge is 2.32. The summed E-state index contributed by atoms with van der Waals surface area (Å²) in [5.74, 6) is -3.31. The molecule has 3 rings (SSSR count). The van der Waals surface area contributed by atoms with E-state index in [1.807, 2.05) is 0 Å². The van der Waals surface area contributed by atoms with Crippen LogP contribution in [0.3, 0.4) is 0 Å². The zero-order valence-corrected chi connectivity index (χ0v) is 13.8. The Labute approximate surface area is 144 Å². The summed E-state index contributed by atoms with van der Waals surface area (Å²) in [5, 5.41) is 0. The summed E-state index contributed by atoms with van der Waals surface area (Å²) in [5.41, 5.74) is 0.363. The second-order valence-corrected chi connectivity index (χ2v) is 6.00. The van der Waals surface area contributed by atoms with E-state index in [1.54, 1.807) is 12.1 Å². The Morgan fingerprint density at radius 1 is 1.08 bits per heavy atom. The van der Waals surface area contributed by atoms with Crippen LogP contribution in [0.1, 0.15) is 41.2 Å². The molecule has 6 heteroatoms. The molecular weight excluding hydrogens is 331 g/mol. The number of ether oxygens (including phenoxy) is 1. The Kier molecular flexibility index (Phi) is 4.97. The van der Waals surface area contributed by atoms with Crippen LogP contribution in [-0.2, 0) is 0 Å². The number of rotatable bonds is 3. The number of hydrogen-bond donors (Lipinski definition) is 0. The molecule has 0 aromatic heterocycles. The maximum atomic E-state index is 14.3. The van der Waals surface area contributed by atoms with Crippen LogP contribution in [0.4, 0.5) is 13.2 Å². The number of piperidine rings is 1. The van der Waals surface area contributed by atoms with E-state index in [0.717, 1.165) is 24.5 Å². The van der Waals surface area contributed by atoms with E-state index in [-0.39, 0.29) is 17.6 Å². The van der Waals surface area contributed by atoms with E-state index in [0.29, 0.717) is 13.0 Å². The first-order chi connectivity index (χ1) is 12.0. The summed E-state index contributed by atoms with van der Waals surface area (Å²) in [6, 6.07) is 7.75. The van der Waals surface area contributed by atoms with Crippen molar-refractivity contribution >= 4 is 5.91 Å². The number of nitrogens with zero attached hydrogens (tertiary/aromatic N) is 1. The molecule has 1 aliphatic rings. The van der Waals surface area contributed by atoms with Crippen LogP contribution in [0.25, 0.3) is 0 Å². The third-order valence-electron chi connectivity index (χ3n) is 4.51. The second-order valence-electron chi connectivity index (χ2n) is 6.00. The molecule has 25 heavy (non-hydrogen) atoms. The quantitative estimate of drug-likeness (QED) is 0.818. The van der Waals surface area contributed by atoms with Crippen molar-refractivity contribution in [2.75, 3.05) is 13.7 Å². The van der Waals surface area contributed by atoms with Crippen LogP contribution >= 0.6 is 0 Å². The molecule has 0 bridgehead atoms. The van der Waals surface area contributed by atoms with Crippen molar-refractivity contribution in [2.24, 2.45) is 0 Å². The first kappa shape index (κ1) is 17.3. The molecular formula is C19H18F3NO2. The largest absolute Gasteiger partial charge is 0.496 e. The van der Waals surface area contributed by atoms with Gasteiger partial charge in [-0.1, -0.05) is 12.1 Å². The Morgan fingerprint density at radius 2 is 1.80 bits per heavy atom. The Balaban J connectivity index is 2.00. The average molecular weight is 349 g/mol. The number of amides is 1. The lowest BCUT2D eigenvalue weighted by atomic mass is 9.94. The van der Waals surface area contributed by atoms with Gasteiger partial charge in [0.05, 0.1) is 13.2 Å². The highest BCUT2D eigenvalue weighted by Crippen LogP contribution is 2.34. The monoisotopic (exact) mass is 349 g/mol. The van der Waals surface area contributed by atoms with Gasteiger partial charge >= 0.3 is 0 Å². The summed E-state index contributed by atoms with van der Waals surface area (Å²) < 4.78 is 46.2. The summed E-state index contributed by atoms with van der Waals surface area (Å²) in [7, 11) is 1.30. The molecule has 0 saturated carbocycles. The van der Waals surface area contributed by atoms with Crippen molar-refractivity contribution in [2.45, 2.75) is 25.3 Å². The van der Waals surface area contributed by atoms with Gasteiger partial charge in [-0.3, -0.25) is 4.79 Å². The van der Waals surface area contributed by atoms with Gasteiger partial charge in [-0.2, -0.15) is 0 Å². The molecule has 1 aliphatic heterocycles. The zero-order chi connectivity index (χ0) is 18.0. The molecule has 3 nitrogen and oxygen atoms in total. The highest BCUT2D eigenvalue weighted by atomic mass is 19.2. The van der Waals surface area contributed by atoms with E-state index in [4.69, 9.17) is 4.74 Å². The van der Waals surface area contributed by atoms with Crippen molar-refractivity contribution in [1.82, 2.24) is 4.90 Å². The number of benzene rings is 2. The van der Waals surface area contributed by atoms with Gasteiger partial charge in [-0.25, -0.2) is 13.2 Å². The van der Waals surface area contributed by atoms with Gasteiger partial charge < -0.3 is 9.64 Å². The Hall–Kier alpha value is -2.50. The fourth-order valence-corrected chi connectivity index (χ4v) is 3.25. The molecule has 1 atom stereocenters. The molecule has 0 N–H and O–H groups in total. The SMILES string of the molecule is COc1ccc(F)c(F)c1C(=O)N1CCCCC1c1ccc(F)cc1. The van der Waals surface area contributed by atoms with Gasteiger partial charge in [-0.05, 0) is 49.1 Å². The van der Waals surface area contributed by atoms with Gasteiger partial charge in [-0.15, -0.1) is 0 Å². The lowest BCUT2D eigenvalue weighted by Gasteiger charge is -2.36. The molecule has 2 aromatic rings. The lowest BCUT2D eigenvalue weighted by Crippen LogP contribution is -2.39. The number of hydrogen-bond acceptors (Lipinski definition) is 2. The highest BCUT2D eigenvalue weighted by molar-refractivity contribution is 5.97. The molecule has 1 amide bonds. The molecule has 2 aromatic carbocycles. The summed E-state index contributed by atoms with van der Waals surface area (Å²) in [6.07, 6.45) is 2.34. The van der Waals surface area contributed by atoms with Crippen LogP contribution < -0.4 is 4.74 Å². The lowest BCUT2D eigenvalue weighted by molar-refractivity contribution is 0.0602. The van der Waals surface area contributed by atoms with Crippen LogP contribution in [0.15, 0.2) is 36.4 Å². The third kappa shape index (κ3) is 3.34.